The lowest BCUT2D eigenvalue weighted by Crippen LogP contribution is -2.42. The number of hydrogen-bond donors (Lipinski definition) is 1. The van der Waals surface area contributed by atoms with Gasteiger partial charge in [0, 0.05) is 25.2 Å². The molecule has 1 aromatic carbocycles. The van der Waals surface area contributed by atoms with Gasteiger partial charge in [0.15, 0.2) is 0 Å². The lowest BCUT2D eigenvalue weighted by Gasteiger charge is -2.38. The quantitative estimate of drug-likeness (QED) is 0.839. The first-order valence-electron chi connectivity index (χ1n) is 6.28. The molecule has 0 amide bonds. The van der Waals surface area contributed by atoms with E-state index < -0.39 is 0 Å². The lowest BCUT2D eigenvalue weighted by molar-refractivity contribution is 0.152. The molecular weight excluding hydrogens is 196 g/mol. The van der Waals surface area contributed by atoms with Gasteiger partial charge in [0.25, 0.3) is 0 Å². The molecule has 0 spiro atoms. The van der Waals surface area contributed by atoms with Gasteiger partial charge in [-0.2, -0.15) is 0 Å². The Bertz CT molecular complexity index is 346. The van der Waals surface area contributed by atoms with Gasteiger partial charge in [-0.1, -0.05) is 31.2 Å². The normalized spacial score (nSPS) is 20.2. The third-order valence-electron chi connectivity index (χ3n) is 3.50. The van der Waals surface area contributed by atoms with Crippen molar-refractivity contribution in [2.24, 2.45) is 0 Å². The summed E-state index contributed by atoms with van der Waals surface area (Å²) >= 11 is 0. The van der Waals surface area contributed by atoms with Gasteiger partial charge >= 0.3 is 0 Å². The van der Waals surface area contributed by atoms with E-state index in [1.54, 1.807) is 0 Å². The van der Waals surface area contributed by atoms with Crippen molar-refractivity contribution in [3.63, 3.8) is 0 Å². The number of fused-ring (bicyclic) bond motifs is 1. The maximum Gasteiger partial charge on any atom is 0.0478 e. The summed E-state index contributed by atoms with van der Waals surface area (Å²) in [7, 11) is 0. The summed E-state index contributed by atoms with van der Waals surface area (Å²) in [4.78, 5) is 2.56. The van der Waals surface area contributed by atoms with Gasteiger partial charge in [0.05, 0.1) is 0 Å². The number of nitrogens with zero attached hydrogens (tertiary/aromatic N) is 1. The van der Waals surface area contributed by atoms with Gasteiger partial charge in [0.1, 0.15) is 0 Å². The van der Waals surface area contributed by atoms with Gasteiger partial charge in [-0.25, -0.2) is 0 Å². The van der Waals surface area contributed by atoms with Crippen molar-refractivity contribution in [1.29, 1.82) is 0 Å². The molecule has 1 unspecified atom stereocenters. The van der Waals surface area contributed by atoms with Crippen molar-refractivity contribution in [2.75, 3.05) is 13.1 Å². The van der Waals surface area contributed by atoms with Gasteiger partial charge in [-0.3, -0.25) is 4.90 Å². The smallest absolute Gasteiger partial charge is 0.0478 e. The van der Waals surface area contributed by atoms with Crippen molar-refractivity contribution in [3.8, 4) is 0 Å². The van der Waals surface area contributed by atoms with E-state index in [1.165, 1.54) is 11.1 Å². The van der Waals surface area contributed by atoms with Gasteiger partial charge in [-0.15, -0.1) is 0 Å². The van der Waals surface area contributed by atoms with E-state index in [2.05, 4.69) is 55.3 Å². The zero-order valence-corrected chi connectivity index (χ0v) is 10.5. The molecule has 2 nitrogen and oxygen atoms in total. The fourth-order valence-electron chi connectivity index (χ4n) is 2.72. The van der Waals surface area contributed by atoms with Crippen LogP contribution >= 0.6 is 0 Å². The molecule has 0 saturated carbocycles. The van der Waals surface area contributed by atoms with E-state index in [0.717, 1.165) is 19.6 Å². The van der Waals surface area contributed by atoms with Crippen LogP contribution in [0.5, 0.6) is 0 Å². The molecule has 0 aliphatic carbocycles. The van der Waals surface area contributed by atoms with Crippen LogP contribution in [0.4, 0.5) is 0 Å². The van der Waals surface area contributed by atoms with Crippen LogP contribution in [0, 0.1) is 0 Å². The summed E-state index contributed by atoms with van der Waals surface area (Å²) in [5, 5.41) is 3.52. The highest BCUT2D eigenvalue weighted by Gasteiger charge is 2.25. The summed E-state index contributed by atoms with van der Waals surface area (Å²) in [6, 6.07) is 9.95. The van der Waals surface area contributed by atoms with Crippen LogP contribution < -0.4 is 5.32 Å². The molecule has 0 saturated heterocycles. The van der Waals surface area contributed by atoms with Gasteiger partial charge in [-0.05, 0) is 31.5 Å². The molecule has 0 fully saturated rings. The molecule has 0 aromatic heterocycles. The SMILES string of the molecule is CCN(C(C)C)C1CNCc2ccccc21. The molecule has 0 bridgehead atoms. The zero-order valence-electron chi connectivity index (χ0n) is 10.5. The Labute approximate surface area is 98.7 Å². The first-order valence-corrected chi connectivity index (χ1v) is 6.28. The number of hydrogen-bond acceptors (Lipinski definition) is 2. The average molecular weight is 218 g/mol. The van der Waals surface area contributed by atoms with Crippen LogP contribution in [-0.4, -0.2) is 24.0 Å². The minimum Gasteiger partial charge on any atom is -0.311 e. The Morgan fingerprint density at radius 2 is 2.12 bits per heavy atom. The summed E-state index contributed by atoms with van der Waals surface area (Å²) < 4.78 is 0. The van der Waals surface area contributed by atoms with E-state index in [9.17, 15) is 0 Å². The molecule has 1 heterocycles. The maximum atomic E-state index is 3.52. The average Bonchev–Trinajstić information content (AvgIpc) is 2.30. The van der Waals surface area contributed by atoms with Crippen LogP contribution in [0.1, 0.15) is 37.9 Å². The molecule has 88 valence electrons. The molecule has 1 N–H and O–H groups in total. The molecule has 2 heteroatoms. The van der Waals surface area contributed by atoms with Crippen LogP contribution in [0.3, 0.4) is 0 Å². The molecular formula is C14H22N2. The van der Waals surface area contributed by atoms with Crippen LogP contribution in [-0.2, 0) is 6.54 Å². The summed E-state index contributed by atoms with van der Waals surface area (Å²) in [6.07, 6.45) is 0. The van der Waals surface area contributed by atoms with Crippen LogP contribution in [0.25, 0.3) is 0 Å². The Hall–Kier alpha value is -0.860. The summed E-state index contributed by atoms with van der Waals surface area (Å²) in [5.41, 5.74) is 2.97. The first-order chi connectivity index (χ1) is 7.74. The molecule has 1 aliphatic heterocycles. The fraction of sp³-hybridized carbons (Fsp3) is 0.571. The molecule has 2 rings (SSSR count). The molecule has 1 atom stereocenters. The van der Waals surface area contributed by atoms with Gasteiger partial charge in [0.2, 0.25) is 0 Å². The van der Waals surface area contributed by atoms with E-state index >= 15 is 0 Å². The Kier molecular flexibility index (Phi) is 3.62. The molecule has 1 aliphatic rings. The van der Waals surface area contributed by atoms with Gasteiger partial charge < -0.3 is 5.32 Å². The first kappa shape index (κ1) is 11.6. The largest absolute Gasteiger partial charge is 0.311 e. The van der Waals surface area contributed by atoms with Crippen molar-refractivity contribution >= 4 is 0 Å². The Morgan fingerprint density at radius 3 is 2.81 bits per heavy atom. The number of likely N-dealkylation sites (N-methyl/N-ethyl adjacent to an activating group) is 1. The van der Waals surface area contributed by atoms with E-state index in [0.29, 0.717) is 12.1 Å². The monoisotopic (exact) mass is 218 g/mol. The molecule has 16 heavy (non-hydrogen) atoms. The van der Waals surface area contributed by atoms with Crippen LogP contribution in [0.2, 0.25) is 0 Å². The van der Waals surface area contributed by atoms with E-state index in [1.807, 2.05) is 0 Å². The topological polar surface area (TPSA) is 15.3 Å². The Balaban J connectivity index is 2.30. The number of benzene rings is 1. The lowest BCUT2D eigenvalue weighted by atomic mass is 9.95. The standard InChI is InChI=1S/C14H22N2/c1-4-16(11(2)3)14-10-15-9-12-7-5-6-8-13(12)14/h5-8,11,14-15H,4,9-10H2,1-3H3. The van der Waals surface area contributed by atoms with Crippen molar-refractivity contribution in [2.45, 2.75) is 39.4 Å². The van der Waals surface area contributed by atoms with Crippen molar-refractivity contribution in [3.05, 3.63) is 35.4 Å². The molecule has 1 aromatic rings. The summed E-state index contributed by atoms with van der Waals surface area (Å²) in [6.45, 7) is 10.0. The predicted molar refractivity (Wildman–Crippen MR) is 68.4 cm³/mol. The van der Waals surface area contributed by atoms with Crippen molar-refractivity contribution < 1.29 is 0 Å². The number of rotatable bonds is 3. The fourth-order valence-corrected chi connectivity index (χ4v) is 2.72. The van der Waals surface area contributed by atoms with Crippen molar-refractivity contribution in [1.82, 2.24) is 10.2 Å². The second-order valence-corrected chi connectivity index (χ2v) is 4.77. The van der Waals surface area contributed by atoms with E-state index in [-0.39, 0.29) is 0 Å². The third kappa shape index (κ3) is 2.13. The second kappa shape index (κ2) is 4.98. The second-order valence-electron chi connectivity index (χ2n) is 4.77. The highest BCUT2D eigenvalue weighted by molar-refractivity contribution is 5.32. The van der Waals surface area contributed by atoms with Crippen LogP contribution in [0.15, 0.2) is 24.3 Å². The molecule has 0 radical (unpaired) electrons. The number of nitrogens with one attached hydrogen (secondary N) is 1. The highest BCUT2D eigenvalue weighted by atomic mass is 15.2. The minimum absolute atomic E-state index is 0.537. The highest BCUT2D eigenvalue weighted by Crippen LogP contribution is 2.28. The maximum absolute atomic E-state index is 3.52. The minimum atomic E-state index is 0.537. The third-order valence-corrected chi connectivity index (χ3v) is 3.50. The van der Waals surface area contributed by atoms with E-state index in [4.69, 9.17) is 0 Å². The summed E-state index contributed by atoms with van der Waals surface area (Å²) in [5.74, 6) is 0. The predicted octanol–water partition coefficient (Wildman–Crippen LogP) is 2.56. The Morgan fingerprint density at radius 1 is 1.38 bits per heavy atom. The zero-order chi connectivity index (χ0) is 11.5.